The molecule has 140 valence electrons. The van der Waals surface area contributed by atoms with Gasteiger partial charge in [-0.05, 0) is 52.1 Å². The van der Waals surface area contributed by atoms with Crippen LogP contribution in [0.3, 0.4) is 0 Å². The zero-order valence-electron chi connectivity index (χ0n) is 15.5. The minimum atomic E-state index is -0.246. The van der Waals surface area contributed by atoms with Crippen LogP contribution in [-0.4, -0.2) is 38.7 Å². The molecular formula is C19H35NO4. The number of carbonyl (C=O) groups is 2. The number of allylic oxidation sites excluding steroid dienone is 1. The average molecular weight is 341 g/mol. The molecule has 24 heavy (non-hydrogen) atoms. The van der Waals surface area contributed by atoms with Crippen LogP contribution in [0.2, 0.25) is 0 Å². The van der Waals surface area contributed by atoms with Gasteiger partial charge >= 0.3 is 11.9 Å². The summed E-state index contributed by atoms with van der Waals surface area (Å²) >= 11 is 0. The molecule has 0 rings (SSSR count). The first-order chi connectivity index (χ1) is 11.7. The third-order valence-corrected chi connectivity index (χ3v) is 3.73. The third kappa shape index (κ3) is 17.0. The van der Waals surface area contributed by atoms with Crippen LogP contribution in [0, 0.1) is 0 Å². The molecule has 0 aromatic rings. The molecule has 0 aliphatic rings. The van der Waals surface area contributed by atoms with Gasteiger partial charge in [0.05, 0.1) is 13.7 Å². The van der Waals surface area contributed by atoms with Crippen molar-refractivity contribution in [3.63, 3.8) is 0 Å². The second-order valence-corrected chi connectivity index (χ2v) is 5.85. The zero-order chi connectivity index (χ0) is 17.9. The van der Waals surface area contributed by atoms with Crippen LogP contribution in [0.1, 0.15) is 71.1 Å². The van der Waals surface area contributed by atoms with Crippen molar-refractivity contribution in [1.29, 1.82) is 0 Å². The summed E-state index contributed by atoms with van der Waals surface area (Å²) < 4.78 is 9.43. The molecule has 5 heteroatoms. The van der Waals surface area contributed by atoms with Gasteiger partial charge in [0, 0.05) is 12.5 Å². The predicted molar refractivity (Wildman–Crippen MR) is 96.8 cm³/mol. The van der Waals surface area contributed by atoms with E-state index in [1.165, 1.54) is 45.3 Å². The minimum Gasteiger partial charge on any atom is -0.469 e. The van der Waals surface area contributed by atoms with E-state index in [4.69, 9.17) is 4.74 Å². The van der Waals surface area contributed by atoms with Crippen molar-refractivity contribution in [2.24, 2.45) is 0 Å². The van der Waals surface area contributed by atoms with E-state index in [1.54, 1.807) is 0 Å². The van der Waals surface area contributed by atoms with Crippen LogP contribution in [-0.2, 0) is 19.1 Å². The molecule has 0 amide bonds. The van der Waals surface area contributed by atoms with Gasteiger partial charge < -0.3 is 14.8 Å². The Kier molecular flexibility index (Phi) is 17.0. The van der Waals surface area contributed by atoms with Crippen molar-refractivity contribution in [3.8, 4) is 0 Å². The Labute approximate surface area is 147 Å². The van der Waals surface area contributed by atoms with E-state index in [2.05, 4.69) is 10.1 Å². The SMILES string of the molecule is CCOC(=O)/C=C/CCCCCNCCCCCCCC(=O)OC. The smallest absolute Gasteiger partial charge is 0.330 e. The zero-order valence-corrected chi connectivity index (χ0v) is 15.5. The fourth-order valence-corrected chi connectivity index (χ4v) is 2.34. The van der Waals surface area contributed by atoms with Gasteiger partial charge in [-0.2, -0.15) is 0 Å². The maximum Gasteiger partial charge on any atom is 0.330 e. The molecule has 0 atom stereocenters. The average Bonchev–Trinajstić information content (AvgIpc) is 2.58. The van der Waals surface area contributed by atoms with Crippen molar-refractivity contribution in [2.45, 2.75) is 71.1 Å². The summed E-state index contributed by atoms with van der Waals surface area (Å²) in [5.74, 6) is -0.350. The number of methoxy groups -OCH3 is 1. The third-order valence-electron chi connectivity index (χ3n) is 3.73. The number of esters is 2. The Balaban J connectivity index is 3.15. The Morgan fingerprint density at radius 1 is 0.917 bits per heavy atom. The van der Waals surface area contributed by atoms with E-state index in [0.29, 0.717) is 13.0 Å². The predicted octanol–water partition coefficient (Wildman–Crippen LogP) is 3.77. The number of nitrogens with one attached hydrogen (secondary N) is 1. The largest absolute Gasteiger partial charge is 0.469 e. The van der Waals surface area contributed by atoms with Gasteiger partial charge in [-0.25, -0.2) is 4.79 Å². The number of hydrogen-bond acceptors (Lipinski definition) is 5. The van der Waals surface area contributed by atoms with Crippen molar-refractivity contribution >= 4 is 11.9 Å². The molecule has 0 saturated heterocycles. The molecule has 0 spiro atoms. The van der Waals surface area contributed by atoms with Gasteiger partial charge in [0.2, 0.25) is 0 Å². The first-order valence-electron chi connectivity index (χ1n) is 9.31. The van der Waals surface area contributed by atoms with Crippen molar-refractivity contribution in [3.05, 3.63) is 12.2 Å². The molecule has 0 aliphatic carbocycles. The fraction of sp³-hybridized carbons (Fsp3) is 0.789. The van der Waals surface area contributed by atoms with Gasteiger partial charge in [-0.15, -0.1) is 0 Å². The lowest BCUT2D eigenvalue weighted by atomic mass is 10.1. The van der Waals surface area contributed by atoms with Crippen LogP contribution >= 0.6 is 0 Å². The highest BCUT2D eigenvalue weighted by molar-refractivity contribution is 5.81. The van der Waals surface area contributed by atoms with Crippen LogP contribution in [0.4, 0.5) is 0 Å². The normalized spacial score (nSPS) is 10.9. The lowest BCUT2D eigenvalue weighted by molar-refractivity contribution is -0.140. The quantitative estimate of drug-likeness (QED) is 0.263. The molecule has 0 aliphatic heterocycles. The lowest BCUT2D eigenvalue weighted by Gasteiger charge is -2.04. The highest BCUT2D eigenvalue weighted by atomic mass is 16.5. The molecule has 0 unspecified atom stereocenters. The standard InChI is InChI=1S/C19H35NO4/c1-3-24-19(22)15-11-7-5-9-13-17-20-16-12-8-4-6-10-14-18(21)23-2/h11,15,20H,3-10,12-14,16-17H2,1-2H3/b15-11+. The lowest BCUT2D eigenvalue weighted by Crippen LogP contribution is -2.16. The van der Waals surface area contributed by atoms with E-state index in [1.807, 2.05) is 13.0 Å². The van der Waals surface area contributed by atoms with E-state index < -0.39 is 0 Å². The van der Waals surface area contributed by atoms with Crippen molar-refractivity contribution < 1.29 is 19.1 Å². The molecule has 0 bridgehead atoms. The van der Waals surface area contributed by atoms with Gasteiger partial charge in [0.15, 0.2) is 0 Å². The summed E-state index contributed by atoms with van der Waals surface area (Å²) in [6.07, 6.45) is 14.0. The maximum atomic E-state index is 11.1. The van der Waals surface area contributed by atoms with Crippen LogP contribution in [0.25, 0.3) is 0 Å². The molecule has 0 heterocycles. The van der Waals surface area contributed by atoms with Crippen LogP contribution < -0.4 is 5.32 Å². The van der Waals surface area contributed by atoms with Crippen LogP contribution in [0.5, 0.6) is 0 Å². The summed E-state index contributed by atoms with van der Waals surface area (Å²) in [4.78, 5) is 22.0. The van der Waals surface area contributed by atoms with Crippen molar-refractivity contribution in [2.75, 3.05) is 26.8 Å². The monoisotopic (exact) mass is 341 g/mol. The molecule has 0 aromatic heterocycles. The topological polar surface area (TPSA) is 64.6 Å². The first kappa shape index (κ1) is 22.6. The Hall–Kier alpha value is -1.36. The Morgan fingerprint density at radius 2 is 1.54 bits per heavy atom. The molecule has 0 fully saturated rings. The fourth-order valence-electron chi connectivity index (χ4n) is 2.34. The molecule has 0 radical (unpaired) electrons. The molecular weight excluding hydrogens is 306 g/mol. The highest BCUT2D eigenvalue weighted by Gasteiger charge is 1.99. The van der Waals surface area contributed by atoms with Crippen molar-refractivity contribution in [1.82, 2.24) is 5.32 Å². The minimum absolute atomic E-state index is 0.104. The molecule has 5 nitrogen and oxygen atoms in total. The van der Waals surface area contributed by atoms with E-state index in [9.17, 15) is 9.59 Å². The number of unbranched alkanes of at least 4 members (excludes halogenated alkanes) is 7. The van der Waals surface area contributed by atoms with Gasteiger partial charge in [0.25, 0.3) is 0 Å². The number of ether oxygens (including phenoxy) is 2. The molecule has 0 aromatic carbocycles. The van der Waals surface area contributed by atoms with E-state index in [0.717, 1.165) is 38.8 Å². The Morgan fingerprint density at radius 3 is 2.21 bits per heavy atom. The van der Waals surface area contributed by atoms with E-state index in [-0.39, 0.29) is 11.9 Å². The number of carbonyl (C=O) groups excluding carboxylic acids is 2. The van der Waals surface area contributed by atoms with Gasteiger partial charge in [-0.3, -0.25) is 4.79 Å². The number of rotatable bonds is 16. The first-order valence-corrected chi connectivity index (χ1v) is 9.31. The summed E-state index contributed by atoms with van der Waals surface area (Å²) in [7, 11) is 1.44. The second-order valence-electron chi connectivity index (χ2n) is 5.85. The van der Waals surface area contributed by atoms with Gasteiger partial charge in [0.1, 0.15) is 0 Å². The Bertz CT molecular complexity index is 342. The molecule has 1 N–H and O–H groups in total. The molecule has 0 saturated carbocycles. The van der Waals surface area contributed by atoms with Gasteiger partial charge in [-0.1, -0.05) is 31.8 Å². The summed E-state index contributed by atoms with van der Waals surface area (Å²) in [6.45, 7) is 4.37. The maximum absolute atomic E-state index is 11.1. The second kappa shape index (κ2) is 18.0. The highest BCUT2D eigenvalue weighted by Crippen LogP contribution is 2.05. The summed E-state index contributed by atoms with van der Waals surface area (Å²) in [5, 5.41) is 3.46. The summed E-state index contributed by atoms with van der Waals surface area (Å²) in [5.41, 5.74) is 0. The van der Waals surface area contributed by atoms with E-state index >= 15 is 0 Å². The van der Waals surface area contributed by atoms with Crippen LogP contribution in [0.15, 0.2) is 12.2 Å². The number of hydrogen-bond donors (Lipinski definition) is 1. The summed E-state index contributed by atoms with van der Waals surface area (Å²) in [6, 6.07) is 0.